The van der Waals surface area contributed by atoms with Crippen molar-refractivity contribution in [1.29, 1.82) is 0 Å². The molecule has 16 heavy (non-hydrogen) atoms. The van der Waals surface area contributed by atoms with E-state index in [0.717, 1.165) is 31.6 Å². The van der Waals surface area contributed by atoms with Crippen molar-refractivity contribution in [1.82, 2.24) is 0 Å². The van der Waals surface area contributed by atoms with Crippen molar-refractivity contribution >= 4 is 5.97 Å². The molecule has 0 aromatic heterocycles. The van der Waals surface area contributed by atoms with Gasteiger partial charge in [0.05, 0.1) is 11.5 Å². The molecule has 1 spiro atoms. The highest BCUT2D eigenvalue weighted by Crippen LogP contribution is 2.46. The standard InChI is InChI=1S/C13H22O3/c1-9(2)10-3-6-13(7-4-10)11(12(14)15)5-8-16-13/h9-11H,3-8H2,1-2H3,(H,14,15). The van der Waals surface area contributed by atoms with E-state index >= 15 is 0 Å². The first-order chi connectivity index (χ1) is 7.55. The third kappa shape index (κ3) is 1.97. The molecule has 1 aliphatic carbocycles. The monoisotopic (exact) mass is 226 g/mol. The van der Waals surface area contributed by atoms with E-state index in [9.17, 15) is 9.90 Å². The Morgan fingerprint density at radius 1 is 1.31 bits per heavy atom. The van der Waals surface area contributed by atoms with Gasteiger partial charge in [-0.1, -0.05) is 13.8 Å². The van der Waals surface area contributed by atoms with E-state index in [4.69, 9.17) is 4.74 Å². The van der Waals surface area contributed by atoms with E-state index in [1.165, 1.54) is 0 Å². The topological polar surface area (TPSA) is 46.5 Å². The summed E-state index contributed by atoms with van der Waals surface area (Å²) in [5.74, 6) is 0.535. The molecule has 1 atom stereocenters. The highest BCUT2D eigenvalue weighted by molar-refractivity contribution is 5.72. The van der Waals surface area contributed by atoms with Gasteiger partial charge in [-0.25, -0.2) is 0 Å². The van der Waals surface area contributed by atoms with E-state index in [1.54, 1.807) is 0 Å². The molecule has 0 radical (unpaired) electrons. The van der Waals surface area contributed by atoms with Crippen LogP contribution in [0.5, 0.6) is 0 Å². The normalized spacial score (nSPS) is 39.4. The zero-order valence-corrected chi connectivity index (χ0v) is 10.2. The minimum atomic E-state index is -0.666. The largest absolute Gasteiger partial charge is 0.481 e. The number of ether oxygens (including phenoxy) is 1. The summed E-state index contributed by atoms with van der Waals surface area (Å²) in [4.78, 5) is 11.2. The molecule has 1 unspecified atom stereocenters. The van der Waals surface area contributed by atoms with E-state index in [2.05, 4.69) is 13.8 Å². The maximum atomic E-state index is 11.2. The second-order valence-corrected chi connectivity index (χ2v) is 5.67. The van der Waals surface area contributed by atoms with Crippen molar-refractivity contribution in [2.45, 2.75) is 51.6 Å². The summed E-state index contributed by atoms with van der Waals surface area (Å²) in [5, 5.41) is 9.23. The summed E-state index contributed by atoms with van der Waals surface area (Å²) in [6.45, 7) is 5.14. The van der Waals surface area contributed by atoms with Crippen molar-refractivity contribution in [3.8, 4) is 0 Å². The summed E-state index contributed by atoms with van der Waals surface area (Å²) >= 11 is 0. The molecule has 92 valence electrons. The summed E-state index contributed by atoms with van der Waals surface area (Å²) in [5.41, 5.74) is -0.322. The molecular formula is C13H22O3. The van der Waals surface area contributed by atoms with Gasteiger partial charge in [0, 0.05) is 6.61 Å². The fraction of sp³-hybridized carbons (Fsp3) is 0.923. The van der Waals surface area contributed by atoms with Gasteiger partial charge in [0.25, 0.3) is 0 Å². The quantitative estimate of drug-likeness (QED) is 0.787. The molecule has 1 heterocycles. The summed E-state index contributed by atoms with van der Waals surface area (Å²) < 4.78 is 5.80. The molecule has 0 bridgehead atoms. The molecule has 2 aliphatic rings. The lowest BCUT2D eigenvalue weighted by atomic mass is 9.70. The molecule has 2 rings (SSSR count). The second-order valence-electron chi connectivity index (χ2n) is 5.67. The number of hydrogen-bond donors (Lipinski definition) is 1. The lowest BCUT2D eigenvalue weighted by Crippen LogP contribution is -2.43. The van der Waals surface area contributed by atoms with Crippen LogP contribution in [0.3, 0.4) is 0 Å². The second kappa shape index (κ2) is 4.36. The predicted molar refractivity (Wildman–Crippen MR) is 61.2 cm³/mol. The summed E-state index contributed by atoms with van der Waals surface area (Å²) in [7, 11) is 0. The van der Waals surface area contributed by atoms with Crippen molar-refractivity contribution < 1.29 is 14.6 Å². The minimum Gasteiger partial charge on any atom is -0.481 e. The number of carbonyl (C=O) groups is 1. The zero-order chi connectivity index (χ0) is 11.8. The molecule has 0 aromatic carbocycles. The van der Waals surface area contributed by atoms with Crippen LogP contribution in [0.15, 0.2) is 0 Å². The Balaban J connectivity index is 2.03. The van der Waals surface area contributed by atoms with Crippen LogP contribution in [0, 0.1) is 17.8 Å². The van der Waals surface area contributed by atoms with Gasteiger partial charge in [-0.3, -0.25) is 4.79 Å². The van der Waals surface area contributed by atoms with Crippen LogP contribution >= 0.6 is 0 Å². The van der Waals surface area contributed by atoms with Crippen molar-refractivity contribution in [2.24, 2.45) is 17.8 Å². The SMILES string of the molecule is CC(C)C1CCC2(CC1)OCCC2C(=O)O. The summed E-state index contributed by atoms with van der Waals surface area (Å²) in [6, 6.07) is 0. The predicted octanol–water partition coefficient (Wildman–Crippen LogP) is 2.69. The lowest BCUT2D eigenvalue weighted by molar-refractivity contribution is -0.151. The average molecular weight is 226 g/mol. The third-order valence-corrected chi connectivity index (χ3v) is 4.55. The molecule has 3 heteroatoms. The number of carboxylic acid groups (broad SMARTS) is 1. The first-order valence-corrected chi connectivity index (χ1v) is 6.42. The van der Waals surface area contributed by atoms with Crippen molar-refractivity contribution in [2.75, 3.05) is 6.61 Å². The molecule has 1 saturated carbocycles. The highest BCUT2D eigenvalue weighted by atomic mass is 16.5. The first kappa shape index (κ1) is 11.9. The smallest absolute Gasteiger partial charge is 0.309 e. The highest BCUT2D eigenvalue weighted by Gasteiger charge is 2.50. The summed E-state index contributed by atoms with van der Waals surface area (Å²) in [6.07, 6.45) is 4.82. The Bertz CT molecular complexity index is 264. The zero-order valence-electron chi connectivity index (χ0n) is 10.2. The Morgan fingerprint density at radius 3 is 2.44 bits per heavy atom. The average Bonchev–Trinajstić information content (AvgIpc) is 2.62. The molecule has 0 amide bonds. The Hall–Kier alpha value is -0.570. The van der Waals surface area contributed by atoms with Crippen LogP contribution in [0.4, 0.5) is 0 Å². The molecule has 2 fully saturated rings. The van der Waals surface area contributed by atoms with Gasteiger partial charge in [0.1, 0.15) is 0 Å². The number of hydrogen-bond acceptors (Lipinski definition) is 2. The van der Waals surface area contributed by atoms with Crippen LogP contribution in [0.2, 0.25) is 0 Å². The molecular weight excluding hydrogens is 204 g/mol. The van der Waals surface area contributed by atoms with Crippen LogP contribution in [-0.4, -0.2) is 23.3 Å². The Kier molecular flexibility index (Phi) is 3.24. The molecule has 1 N–H and O–H groups in total. The lowest BCUT2D eigenvalue weighted by Gasteiger charge is -2.40. The van der Waals surface area contributed by atoms with Crippen LogP contribution in [0.25, 0.3) is 0 Å². The maximum absolute atomic E-state index is 11.2. The van der Waals surface area contributed by atoms with Crippen LogP contribution < -0.4 is 0 Å². The molecule has 1 saturated heterocycles. The van der Waals surface area contributed by atoms with Gasteiger partial charge >= 0.3 is 5.97 Å². The fourth-order valence-corrected chi connectivity index (χ4v) is 3.38. The maximum Gasteiger partial charge on any atom is 0.309 e. The van der Waals surface area contributed by atoms with Gasteiger partial charge in [-0.05, 0) is 43.9 Å². The van der Waals surface area contributed by atoms with E-state index in [-0.39, 0.29) is 11.5 Å². The van der Waals surface area contributed by atoms with E-state index < -0.39 is 5.97 Å². The number of aliphatic carboxylic acids is 1. The van der Waals surface area contributed by atoms with Gasteiger partial charge < -0.3 is 9.84 Å². The molecule has 0 aromatic rings. The third-order valence-electron chi connectivity index (χ3n) is 4.55. The van der Waals surface area contributed by atoms with Crippen LogP contribution in [0.1, 0.15) is 46.0 Å². The number of rotatable bonds is 2. The van der Waals surface area contributed by atoms with Gasteiger partial charge in [0.2, 0.25) is 0 Å². The van der Waals surface area contributed by atoms with Crippen molar-refractivity contribution in [3.05, 3.63) is 0 Å². The van der Waals surface area contributed by atoms with Gasteiger partial charge in [0.15, 0.2) is 0 Å². The Labute approximate surface area is 97.2 Å². The van der Waals surface area contributed by atoms with E-state index in [1.807, 2.05) is 0 Å². The minimum absolute atomic E-state index is 0.263. The molecule has 1 aliphatic heterocycles. The van der Waals surface area contributed by atoms with E-state index in [0.29, 0.717) is 18.9 Å². The van der Waals surface area contributed by atoms with Gasteiger partial charge in [-0.2, -0.15) is 0 Å². The molecule has 3 nitrogen and oxygen atoms in total. The Morgan fingerprint density at radius 2 is 1.94 bits per heavy atom. The fourth-order valence-electron chi connectivity index (χ4n) is 3.38. The van der Waals surface area contributed by atoms with Gasteiger partial charge in [-0.15, -0.1) is 0 Å². The number of carboxylic acids is 1. The van der Waals surface area contributed by atoms with Crippen LogP contribution in [-0.2, 0) is 9.53 Å². The van der Waals surface area contributed by atoms with Crippen molar-refractivity contribution in [3.63, 3.8) is 0 Å². The first-order valence-electron chi connectivity index (χ1n) is 6.42.